The SMILES string of the molecule is CCc1cc(Br)ccc1NCC(=O)Nc1ccc(F)cc1. The molecule has 0 aliphatic heterocycles. The van der Waals surface area contributed by atoms with E-state index in [9.17, 15) is 9.18 Å². The predicted molar refractivity (Wildman–Crippen MR) is 87.0 cm³/mol. The van der Waals surface area contributed by atoms with Gasteiger partial charge in [-0.25, -0.2) is 4.39 Å². The maximum atomic E-state index is 12.8. The fourth-order valence-electron chi connectivity index (χ4n) is 1.94. The lowest BCUT2D eigenvalue weighted by molar-refractivity contribution is -0.114. The van der Waals surface area contributed by atoms with Gasteiger partial charge in [-0.05, 0) is 54.4 Å². The summed E-state index contributed by atoms with van der Waals surface area (Å²) in [6.45, 7) is 2.22. The lowest BCUT2D eigenvalue weighted by Gasteiger charge is -2.11. The summed E-state index contributed by atoms with van der Waals surface area (Å²) >= 11 is 3.43. The normalized spacial score (nSPS) is 10.2. The Morgan fingerprint density at radius 3 is 2.57 bits per heavy atom. The minimum atomic E-state index is -0.325. The highest BCUT2D eigenvalue weighted by molar-refractivity contribution is 9.10. The van der Waals surface area contributed by atoms with E-state index in [1.165, 1.54) is 24.3 Å². The molecule has 0 saturated carbocycles. The second-order valence-electron chi connectivity index (χ2n) is 4.56. The molecule has 0 fully saturated rings. The van der Waals surface area contributed by atoms with Gasteiger partial charge in [0.2, 0.25) is 5.91 Å². The van der Waals surface area contributed by atoms with Crippen molar-refractivity contribution in [2.75, 3.05) is 17.2 Å². The molecule has 2 aromatic carbocycles. The lowest BCUT2D eigenvalue weighted by atomic mass is 10.1. The van der Waals surface area contributed by atoms with Crippen molar-refractivity contribution in [1.82, 2.24) is 0 Å². The van der Waals surface area contributed by atoms with Crippen molar-refractivity contribution in [1.29, 1.82) is 0 Å². The van der Waals surface area contributed by atoms with Crippen molar-refractivity contribution < 1.29 is 9.18 Å². The van der Waals surface area contributed by atoms with Crippen LogP contribution in [0.4, 0.5) is 15.8 Å². The van der Waals surface area contributed by atoms with Crippen molar-refractivity contribution in [3.8, 4) is 0 Å². The van der Waals surface area contributed by atoms with Gasteiger partial charge in [0.05, 0.1) is 6.54 Å². The molecule has 0 bridgehead atoms. The van der Waals surface area contributed by atoms with Crippen molar-refractivity contribution in [3.05, 3.63) is 58.3 Å². The number of hydrogen-bond acceptors (Lipinski definition) is 2. The third-order valence-electron chi connectivity index (χ3n) is 3.02. The first-order chi connectivity index (χ1) is 10.1. The molecule has 0 aromatic heterocycles. The van der Waals surface area contributed by atoms with Gasteiger partial charge in [0.1, 0.15) is 5.82 Å². The zero-order valence-electron chi connectivity index (χ0n) is 11.6. The van der Waals surface area contributed by atoms with E-state index >= 15 is 0 Å². The summed E-state index contributed by atoms with van der Waals surface area (Å²) in [6, 6.07) is 11.6. The number of aryl methyl sites for hydroxylation is 1. The number of benzene rings is 2. The van der Waals surface area contributed by atoms with Gasteiger partial charge in [-0.15, -0.1) is 0 Å². The Balaban J connectivity index is 1.93. The van der Waals surface area contributed by atoms with Gasteiger partial charge in [-0.1, -0.05) is 22.9 Å². The Morgan fingerprint density at radius 1 is 1.19 bits per heavy atom. The number of amides is 1. The van der Waals surface area contributed by atoms with Crippen molar-refractivity contribution in [3.63, 3.8) is 0 Å². The fraction of sp³-hybridized carbons (Fsp3) is 0.188. The highest BCUT2D eigenvalue weighted by Gasteiger charge is 2.05. The van der Waals surface area contributed by atoms with Gasteiger partial charge in [0.25, 0.3) is 0 Å². The molecule has 21 heavy (non-hydrogen) atoms. The number of anilines is 2. The van der Waals surface area contributed by atoms with Crippen molar-refractivity contribution in [2.24, 2.45) is 0 Å². The van der Waals surface area contributed by atoms with Crippen molar-refractivity contribution >= 4 is 33.2 Å². The monoisotopic (exact) mass is 350 g/mol. The molecule has 1 amide bonds. The largest absolute Gasteiger partial charge is 0.376 e. The molecule has 0 unspecified atom stereocenters. The van der Waals surface area contributed by atoms with Crippen molar-refractivity contribution in [2.45, 2.75) is 13.3 Å². The maximum absolute atomic E-state index is 12.8. The third kappa shape index (κ3) is 4.56. The zero-order valence-corrected chi connectivity index (χ0v) is 13.2. The second-order valence-corrected chi connectivity index (χ2v) is 5.48. The van der Waals surface area contributed by atoms with E-state index in [2.05, 4.69) is 33.5 Å². The van der Waals surface area contributed by atoms with Crippen LogP contribution in [0.15, 0.2) is 46.9 Å². The molecule has 0 heterocycles. The highest BCUT2D eigenvalue weighted by Crippen LogP contribution is 2.21. The van der Waals surface area contributed by atoms with E-state index in [1.807, 2.05) is 18.2 Å². The van der Waals surface area contributed by atoms with E-state index < -0.39 is 0 Å². The molecule has 0 radical (unpaired) electrons. The average molecular weight is 351 g/mol. The Bertz CT molecular complexity index is 629. The van der Waals surface area contributed by atoms with Crippen LogP contribution >= 0.6 is 15.9 Å². The van der Waals surface area contributed by atoms with Gasteiger partial charge in [-0.3, -0.25) is 4.79 Å². The molecule has 2 aromatic rings. The van der Waals surface area contributed by atoms with Crippen LogP contribution in [0.5, 0.6) is 0 Å². The maximum Gasteiger partial charge on any atom is 0.243 e. The molecular weight excluding hydrogens is 335 g/mol. The van der Waals surface area contributed by atoms with Gasteiger partial charge in [0, 0.05) is 15.8 Å². The van der Waals surface area contributed by atoms with Gasteiger partial charge in [0.15, 0.2) is 0 Å². The number of rotatable bonds is 5. The van der Waals surface area contributed by atoms with Crippen LogP contribution in [0, 0.1) is 5.82 Å². The summed E-state index contributed by atoms with van der Waals surface area (Å²) in [4.78, 5) is 11.9. The smallest absolute Gasteiger partial charge is 0.243 e. The van der Waals surface area contributed by atoms with Gasteiger partial charge >= 0.3 is 0 Å². The minimum absolute atomic E-state index is 0.159. The Hall–Kier alpha value is -1.88. The molecule has 2 rings (SSSR count). The van der Waals surface area contributed by atoms with E-state index in [0.717, 1.165) is 22.1 Å². The van der Waals surface area contributed by atoms with Crippen LogP contribution in [0.3, 0.4) is 0 Å². The molecule has 3 nitrogen and oxygen atoms in total. The molecule has 0 atom stereocenters. The molecule has 0 spiro atoms. The summed E-state index contributed by atoms with van der Waals surface area (Å²) in [7, 11) is 0. The van der Waals surface area contributed by atoms with Gasteiger partial charge in [-0.2, -0.15) is 0 Å². The first-order valence-electron chi connectivity index (χ1n) is 6.66. The second kappa shape index (κ2) is 7.22. The molecule has 0 aliphatic carbocycles. The average Bonchev–Trinajstić information content (AvgIpc) is 2.48. The van der Waals surface area contributed by atoms with Crippen LogP contribution in [-0.2, 0) is 11.2 Å². The summed E-state index contributed by atoms with van der Waals surface area (Å²) in [5.74, 6) is -0.500. The number of carbonyl (C=O) groups excluding carboxylic acids is 1. The summed E-state index contributed by atoms with van der Waals surface area (Å²) in [6.07, 6.45) is 0.876. The molecule has 2 N–H and O–H groups in total. The lowest BCUT2D eigenvalue weighted by Crippen LogP contribution is -2.22. The number of hydrogen-bond donors (Lipinski definition) is 2. The fourth-order valence-corrected chi connectivity index (χ4v) is 2.35. The zero-order chi connectivity index (χ0) is 15.2. The van der Waals surface area contributed by atoms with E-state index in [1.54, 1.807) is 0 Å². The number of nitrogens with one attached hydrogen (secondary N) is 2. The van der Waals surface area contributed by atoms with E-state index in [4.69, 9.17) is 0 Å². The predicted octanol–water partition coefficient (Wildman–Crippen LogP) is 4.20. The van der Waals surface area contributed by atoms with Crippen LogP contribution < -0.4 is 10.6 Å². The number of halogens is 2. The van der Waals surface area contributed by atoms with Gasteiger partial charge < -0.3 is 10.6 Å². The highest BCUT2D eigenvalue weighted by atomic mass is 79.9. The third-order valence-corrected chi connectivity index (χ3v) is 3.51. The van der Waals surface area contributed by atoms with E-state index in [0.29, 0.717) is 5.69 Å². The summed E-state index contributed by atoms with van der Waals surface area (Å²) in [5, 5.41) is 5.83. The van der Waals surface area contributed by atoms with Crippen LogP contribution in [0.1, 0.15) is 12.5 Å². The Morgan fingerprint density at radius 2 is 1.90 bits per heavy atom. The topological polar surface area (TPSA) is 41.1 Å². The minimum Gasteiger partial charge on any atom is -0.376 e. The Labute approximate surface area is 131 Å². The summed E-state index contributed by atoms with van der Waals surface area (Å²) in [5.41, 5.74) is 2.66. The number of carbonyl (C=O) groups is 1. The Kier molecular flexibility index (Phi) is 5.33. The van der Waals surface area contributed by atoms with Crippen LogP contribution in [0.2, 0.25) is 0 Å². The quantitative estimate of drug-likeness (QED) is 0.848. The summed E-state index contributed by atoms with van der Waals surface area (Å²) < 4.78 is 13.8. The van der Waals surface area contributed by atoms with Crippen LogP contribution in [-0.4, -0.2) is 12.5 Å². The molecule has 110 valence electrons. The first-order valence-corrected chi connectivity index (χ1v) is 7.45. The molecular formula is C16H16BrFN2O. The molecule has 5 heteroatoms. The molecule has 0 aliphatic rings. The van der Waals surface area contributed by atoms with E-state index in [-0.39, 0.29) is 18.3 Å². The molecule has 0 saturated heterocycles. The first kappa shape index (κ1) is 15.5. The van der Waals surface area contributed by atoms with Crippen LogP contribution in [0.25, 0.3) is 0 Å². The standard InChI is InChI=1S/C16H16BrFN2O/c1-2-11-9-12(17)3-8-15(11)19-10-16(21)20-14-6-4-13(18)5-7-14/h3-9,19H,2,10H2,1H3,(H,20,21).